The summed E-state index contributed by atoms with van der Waals surface area (Å²) in [6.45, 7) is 2.29. The molecule has 1 fully saturated rings. The molecule has 0 aromatic heterocycles. The molecule has 0 radical (unpaired) electrons. The predicted octanol–water partition coefficient (Wildman–Crippen LogP) is 2.07. The first-order valence-electron chi connectivity index (χ1n) is 5.16. The van der Waals surface area contributed by atoms with Gasteiger partial charge in [-0.2, -0.15) is 4.99 Å². The van der Waals surface area contributed by atoms with Gasteiger partial charge in [-0.15, -0.1) is 0 Å². The Balaban J connectivity index is 2.13. The number of hydrogen-bond acceptors (Lipinski definition) is 3. The zero-order chi connectivity index (χ0) is 10.7. The van der Waals surface area contributed by atoms with Gasteiger partial charge in [0, 0.05) is 6.54 Å². The van der Waals surface area contributed by atoms with Gasteiger partial charge in [-0.05, 0) is 43.6 Å². The molecule has 0 spiro atoms. The van der Waals surface area contributed by atoms with Crippen molar-refractivity contribution >= 4 is 11.8 Å². The van der Waals surface area contributed by atoms with Gasteiger partial charge in [0.25, 0.3) is 0 Å². The second kappa shape index (κ2) is 4.39. The minimum absolute atomic E-state index is 0.629. The molecule has 0 N–H and O–H groups in total. The molecule has 0 amide bonds. The summed E-state index contributed by atoms with van der Waals surface area (Å²) < 4.78 is 0. The number of hydrogen-bond donors (Lipinski definition) is 0. The van der Waals surface area contributed by atoms with Gasteiger partial charge in [-0.1, -0.05) is 12.1 Å². The smallest absolute Gasteiger partial charge is 0.240 e. The Morgan fingerprint density at radius 2 is 2.13 bits per heavy atom. The lowest BCUT2D eigenvalue weighted by Gasteiger charge is -2.10. The molecule has 1 saturated heterocycles. The summed E-state index contributed by atoms with van der Waals surface area (Å²) in [6, 6.07) is 7.86. The standard InChI is InChI=1S/C12H14N2O/c1-14-7-6-11(8-14)10-2-4-12(5-3-10)13-9-15/h2-5,11H,6-8H2,1H3. The Kier molecular flexibility index (Phi) is 2.95. The van der Waals surface area contributed by atoms with Crippen molar-refractivity contribution in [2.24, 2.45) is 4.99 Å². The molecule has 1 aromatic carbocycles. The van der Waals surface area contributed by atoms with E-state index >= 15 is 0 Å². The van der Waals surface area contributed by atoms with Crippen LogP contribution in [0.15, 0.2) is 29.3 Å². The fraction of sp³-hybridized carbons (Fsp3) is 0.417. The number of carbonyl (C=O) groups excluding carboxylic acids is 1. The normalized spacial score (nSPS) is 21.3. The summed E-state index contributed by atoms with van der Waals surface area (Å²) >= 11 is 0. The van der Waals surface area contributed by atoms with Crippen molar-refractivity contribution in [3.05, 3.63) is 29.8 Å². The first kappa shape index (κ1) is 10.1. The Morgan fingerprint density at radius 3 is 2.67 bits per heavy atom. The number of benzene rings is 1. The maximum absolute atomic E-state index is 10.1. The molecule has 2 rings (SSSR count). The molecule has 3 nitrogen and oxygen atoms in total. The minimum Gasteiger partial charge on any atom is -0.306 e. The van der Waals surface area contributed by atoms with Crippen LogP contribution in [-0.4, -0.2) is 31.1 Å². The summed E-state index contributed by atoms with van der Waals surface area (Å²) in [5.74, 6) is 0.629. The highest BCUT2D eigenvalue weighted by Gasteiger charge is 2.20. The van der Waals surface area contributed by atoms with Crippen LogP contribution in [0, 0.1) is 0 Å². The second-order valence-electron chi connectivity index (χ2n) is 4.04. The monoisotopic (exact) mass is 202 g/mol. The second-order valence-corrected chi connectivity index (χ2v) is 4.04. The highest BCUT2D eigenvalue weighted by molar-refractivity contribution is 5.49. The Hall–Kier alpha value is -1.44. The Labute approximate surface area is 89.4 Å². The third kappa shape index (κ3) is 2.32. The van der Waals surface area contributed by atoms with Gasteiger partial charge in [0.1, 0.15) is 0 Å². The van der Waals surface area contributed by atoms with Crippen molar-refractivity contribution < 1.29 is 4.79 Å². The first-order valence-corrected chi connectivity index (χ1v) is 5.16. The molecule has 1 aliphatic heterocycles. The number of isocyanates is 1. The van der Waals surface area contributed by atoms with Gasteiger partial charge >= 0.3 is 0 Å². The van der Waals surface area contributed by atoms with E-state index < -0.39 is 0 Å². The quantitative estimate of drug-likeness (QED) is 0.543. The van der Waals surface area contributed by atoms with Crippen LogP contribution in [0.5, 0.6) is 0 Å². The molecule has 1 unspecified atom stereocenters. The third-order valence-electron chi connectivity index (χ3n) is 2.93. The molecule has 1 heterocycles. The zero-order valence-electron chi connectivity index (χ0n) is 8.81. The van der Waals surface area contributed by atoms with E-state index in [9.17, 15) is 4.79 Å². The van der Waals surface area contributed by atoms with Crippen molar-refractivity contribution in [2.75, 3.05) is 20.1 Å². The van der Waals surface area contributed by atoms with E-state index in [1.54, 1.807) is 6.08 Å². The van der Waals surface area contributed by atoms with E-state index in [0.29, 0.717) is 11.6 Å². The van der Waals surface area contributed by atoms with Crippen molar-refractivity contribution in [1.29, 1.82) is 0 Å². The van der Waals surface area contributed by atoms with Gasteiger partial charge in [0.2, 0.25) is 6.08 Å². The number of likely N-dealkylation sites (tertiary alicyclic amines) is 1. The van der Waals surface area contributed by atoms with Gasteiger partial charge in [-0.3, -0.25) is 0 Å². The highest BCUT2D eigenvalue weighted by atomic mass is 16.1. The number of rotatable bonds is 2. The molecule has 0 aliphatic carbocycles. The summed E-state index contributed by atoms with van der Waals surface area (Å²) in [7, 11) is 2.14. The molecule has 3 heteroatoms. The van der Waals surface area contributed by atoms with Crippen LogP contribution < -0.4 is 0 Å². The van der Waals surface area contributed by atoms with Crippen LogP contribution in [0.3, 0.4) is 0 Å². The lowest BCUT2D eigenvalue weighted by atomic mass is 9.98. The highest BCUT2D eigenvalue weighted by Crippen LogP contribution is 2.27. The van der Waals surface area contributed by atoms with Gasteiger partial charge in [0.15, 0.2) is 0 Å². The van der Waals surface area contributed by atoms with Crippen LogP contribution in [0.2, 0.25) is 0 Å². The van der Waals surface area contributed by atoms with Gasteiger partial charge in [-0.25, -0.2) is 4.79 Å². The van der Waals surface area contributed by atoms with E-state index in [0.717, 1.165) is 6.54 Å². The topological polar surface area (TPSA) is 32.7 Å². The fourth-order valence-electron chi connectivity index (χ4n) is 2.08. The average molecular weight is 202 g/mol. The maximum Gasteiger partial charge on any atom is 0.240 e. The lowest BCUT2D eigenvalue weighted by molar-refractivity contribution is 0.411. The summed E-state index contributed by atoms with van der Waals surface area (Å²) in [6.07, 6.45) is 2.76. The first-order chi connectivity index (χ1) is 7.29. The predicted molar refractivity (Wildman–Crippen MR) is 59.1 cm³/mol. The number of aliphatic imine (C=N–C) groups is 1. The third-order valence-corrected chi connectivity index (χ3v) is 2.93. The molecule has 1 aromatic rings. The minimum atomic E-state index is 0.629. The van der Waals surface area contributed by atoms with E-state index in [2.05, 4.69) is 29.1 Å². The Morgan fingerprint density at radius 1 is 1.40 bits per heavy atom. The SMILES string of the molecule is CN1CCC(c2ccc(N=C=O)cc2)C1. The lowest BCUT2D eigenvalue weighted by Crippen LogP contribution is -2.13. The van der Waals surface area contributed by atoms with Crippen molar-refractivity contribution in [2.45, 2.75) is 12.3 Å². The molecule has 1 atom stereocenters. The number of nitrogens with zero attached hydrogens (tertiary/aromatic N) is 2. The van der Waals surface area contributed by atoms with Crippen molar-refractivity contribution in [3.63, 3.8) is 0 Å². The summed E-state index contributed by atoms with van der Waals surface area (Å²) in [5.41, 5.74) is 2.02. The van der Waals surface area contributed by atoms with Crippen LogP contribution in [0.4, 0.5) is 5.69 Å². The molecule has 1 aliphatic rings. The molecule has 0 saturated carbocycles. The van der Waals surface area contributed by atoms with E-state index in [4.69, 9.17) is 0 Å². The number of likely N-dealkylation sites (N-methyl/N-ethyl adjacent to an activating group) is 1. The van der Waals surface area contributed by atoms with Crippen molar-refractivity contribution in [1.82, 2.24) is 4.90 Å². The molecule has 0 bridgehead atoms. The molecule has 15 heavy (non-hydrogen) atoms. The summed E-state index contributed by atoms with van der Waals surface area (Å²) in [5, 5.41) is 0. The van der Waals surface area contributed by atoms with E-state index in [1.807, 2.05) is 12.1 Å². The molecule has 78 valence electrons. The van der Waals surface area contributed by atoms with Crippen LogP contribution in [0.1, 0.15) is 17.9 Å². The van der Waals surface area contributed by atoms with Gasteiger partial charge in [0.05, 0.1) is 5.69 Å². The zero-order valence-corrected chi connectivity index (χ0v) is 8.81. The Bertz CT molecular complexity index is 379. The molecular weight excluding hydrogens is 188 g/mol. The summed E-state index contributed by atoms with van der Waals surface area (Å²) in [4.78, 5) is 16.0. The fourth-order valence-corrected chi connectivity index (χ4v) is 2.08. The van der Waals surface area contributed by atoms with Gasteiger partial charge < -0.3 is 4.90 Å². The van der Waals surface area contributed by atoms with Crippen molar-refractivity contribution in [3.8, 4) is 0 Å². The van der Waals surface area contributed by atoms with Crippen LogP contribution in [0.25, 0.3) is 0 Å². The molecular formula is C12H14N2O. The maximum atomic E-state index is 10.1. The van der Waals surface area contributed by atoms with Crippen LogP contribution in [-0.2, 0) is 4.79 Å². The van der Waals surface area contributed by atoms with E-state index in [1.165, 1.54) is 18.5 Å². The average Bonchev–Trinajstić information content (AvgIpc) is 2.67. The van der Waals surface area contributed by atoms with Crippen LogP contribution >= 0.6 is 0 Å². The van der Waals surface area contributed by atoms with E-state index in [-0.39, 0.29) is 0 Å². The largest absolute Gasteiger partial charge is 0.306 e.